The Bertz CT molecular complexity index is 1430. The summed E-state index contributed by atoms with van der Waals surface area (Å²) < 4.78 is 0. The van der Waals surface area contributed by atoms with Gasteiger partial charge in [0, 0.05) is 66.6 Å². The number of anilines is 2. The number of allylic oxidation sites excluding steroid dienone is 5. The van der Waals surface area contributed by atoms with Gasteiger partial charge in [-0.1, -0.05) is 63.8 Å². The molecule has 0 aliphatic carbocycles. The molecule has 1 aliphatic heterocycles. The Morgan fingerprint density at radius 1 is 1.14 bits per heavy atom. The van der Waals surface area contributed by atoms with E-state index in [-0.39, 0.29) is 11.3 Å². The summed E-state index contributed by atoms with van der Waals surface area (Å²) in [4.78, 5) is 21.9. The predicted molar refractivity (Wildman–Crippen MR) is 187 cm³/mol. The van der Waals surface area contributed by atoms with Crippen LogP contribution in [0.25, 0.3) is 22.3 Å². The minimum Gasteiger partial charge on any atom is -0.353 e. The van der Waals surface area contributed by atoms with Gasteiger partial charge in [-0.3, -0.25) is 4.98 Å². The lowest BCUT2D eigenvalue weighted by Crippen LogP contribution is -2.44. The van der Waals surface area contributed by atoms with Crippen LogP contribution in [-0.2, 0) is 0 Å². The summed E-state index contributed by atoms with van der Waals surface area (Å²) in [7, 11) is 0. The first kappa shape index (κ1) is 34.0. The van der Waals surface area contributed by atoms with Crippen LogP contribution < -0.4 is 20.9 Å². The van der Waals surface area contributed by atoms with Gasteiger partial charge in [0.15, 0.2) is 5.82 Å². The van der Waals surface area contributed by atoms with E-state index < -0.39 is 0 Å². The molecule has 0 saturated carbocycles. The van der Waals surface area contributed by atoms with Crippen LogP contribution in [0, 0.1) is 6.92 Å². The predicted octanol–water partition coefficient (Wildman–Crippen LogP) is 7.19. The molecule has 3 N–H and O–H groups in total. The van der Waals surface area contributed by atoms with Crippen LogP contribution in [0.3, 0.4) is 0 Å². The van der Waals surface area contributed by atoms with Crippen LogP contribution >= 0.6 is 11.8 Å². The number of pyridine rings is 2. The van der Waals surface area contributed by atoms with Gasteiger partial charge in [-0.25, -0.2) is 15.0 Å². The third-order valence-corrected chi connectivity index (χ3v) is 8.13. The number of thioether (sulfide) groups is 1. The van der Waals surface area contributed by atoms with E-state index in [2.05, 4.69) is 77.2 Å². The van der Waals surface area contributed by atoms with E-state index in [9.17, 15) is 0 Å². The second-order valence-corrected chi connectivity index (χ2v) is 11.4. The monoisotopic (exact) mass is 600 g/mol. The molecule has 2 atom stereocenters. The van der Waals surface area contributed by atoms with Crippen molar-refractivity contribution in [2.45, 2.75) is 59.8 Å². The lowest BCUT2D eigenvalue weighted by Gasteiger charge is -2.30. The number of hydrogen-bond acceptors (Lipinski definition) is 9. The Balaban J connectivity index is 0.00000248. The standard InChI is InChI=1S/C32H42N8S.C2H6/c1-7-10-11-12-13-22(4)41-28(8-2)38-30-23(5)25(14-15-36-30)31-37-27-21-34-20-26(24(6)35-9-3)29(27)32(39-31)40-18-16-33-17-19-40;1-2/h7-8,10-15,20-22,24,33,35H,1,9,16-19H2,2-6H3,(H,36,38);1-2H3/b11-10-,13-12-,28-8+;. The van der Waals surface area contributed by atoms with Crippen LogP contribution in [0.2, 0.25) is 0 Å². The van der Waals surface area contributed by atoms with Gasteiger partial charge in [-0.2, -0.15) is 0 Å². The first-order valence-electron chi connectivity index (χ1n) is 15.3. The van der Waals surface area contributed by atoms with E-state index >= 15 is 0 Å². The topological polar surface area (TPSA) is 90.9 Å². The van der Waals surface area contributed by atoms with Gasteiger partial charge < -0.3 is 20.9 Å². The number of nitrogens with zero attached hydrogens (tertiary/aromatic N) is 5. The maximum Gasteiger partial charge on any atom is 0.162 e. The third kappa shape index (κ3) is 8.98. The van der Waals surface area contributed by atoms with Crippen molar-refractivity contribution >= 4 is 34.3 Å². The molecule has 0 amide bonds. The highest BCUT2D eigenvalue weighted by Gasteiger charge is 2.23. The molecule has 8 nitrogen and oxygen atoms in total. The third-order valence-electron chi connectivity index (χ3n) is 7.01. The zero-order valence-electron chi connectivity index (χ0n) is 26.8. The maximum atomic E-state index is 5.23. The SMILES string of the molecule is C=C/C=C\C=C/C(C)S/C(=C/C)Nc1nccc(-c2nc(N3CCNCC3)c3c(C(C)NCC)cncc3n2)c1C.CC. The molecule has 4 heterocycles. The van der Waals surface area contributed by atoms with Crippen molar-refractivity contribution in [2.24, 2.45) is 0 Å². The van der Waals surface area contributed by atoms with E-state index in [1.807, 2.05) is 63.7 Å². The second kappa shape index (κ2) is 17.6. The molecular formula is C34H48N8S. The lowest BCUT2D eigenvalue weighted by molar-refractivity contribution is 0.584. The fraction of sp³-hybridized carbons (Fsp3) is 0.412. The summed E-state index contributed by atoms with van der Waals surface area (Å²) in [5.41, 5.74) is 3.93. The molecule has 1 aliphatic rings. The van der Waals surface area contributed by atoms with E-state index in [0.717, 1.165) is 77.0 Å². The maximum absolute atomic E-state index is 5.23. The summed E-state index contributed by atoms with van der Waals surface area (Å²) in [6.07, 6.45) is 17.6. The Morgan fingerprint density at radius 2 is 1.91 bits per heavy atom. The molecule has 0 radical (unpaired) electrons. The molecule has 1 saturated heterocycles. The van der Waals surface area contributed by atoms with Crippen LogP contribution in [0.1, 0.15) is 58.7 Å². The van der Waals surface area contributed by atoms with Crippen molar-refractivity contribution < 1.29 is 0 Å². The quantitative estimate of drug-likeness (QED) is 0.187. The zero-order chi connectivity index (χ0) is 31.2. The van der Waals surface area contributed by atoms with Crippen LogP contribution in [0.4, 0.5) is 11.6 Å². The van der Waals surface area contributed by atoms with Crippen LogP contribution in [0.15, 0.2) is 72.7 Å². The molecule has 43 heavy (non-hydrogen) atoms. The molecule has 9 heteroatoms. The summed E-state index contributed by atoms with van der Waals surface area (Å²) in [6.45, 7) is 22.8. The van der Waals surface area contributed by atoms with Crippen LogP contribution in [-0.4, -0.2) is 57.9 Å². The summed E-state index contributed by atoms with van der Waals surface area (Å²) in [5.74, 6) is 2.45. The van der Waals surface area contributed by atoms with Gasteiger partial charge in [0.25, 0.3) is 0 Å². The molecule has 1 fully saturated rings. The summed E-state index contributed by atoms with van der Waals surface area (Å²) >= 11 is 1.74. The van der Waals surface area contributed by atoms with Gasteiger partial charge in [-0.15, -0.1) is 11.8 Å². The average Bonchev–Trinajstić information content (AvgIpc) is 3.04. The summed E-state index contributed by atoms with van der Waals surface area (Å²) in [5, 5.41) is 12.9. The molecule has 0 aromatic carbocycles. The molecular weight excluding hydrogens is 552 g/mol. The number of hydrogen-bond donors (Lipinski definition) is 3. The Kier molecular flexibility index (Phi) is 13.9. The van der Waals surface area contributed by atoms with Crippen molar-refractivity contribution in [3.05, 3.63) is 83.8 Å². The van der Waals surface area contributed by atoms with Gasteiger partial charge in [-0.05, 0) is 40.3 Å². The average molecular weight is 601 g/mol. The van der Waals surface area contributed by atoms with Gasteiger partial charge in [0.2, 0.25) is 0 Å². The molecule has 3 aromatic rings. The minimum absolute atomic E-state index is 0.137. The van der Waals surface area contributed by atoms with Gasteiger partial charge in [0.1, 0.15) is 11.6 Å². The van der Waals surface area contributed by atoms with Crippen LogP contribution in [0.5, 0.6) is 0 Å². The minimum atomic E-state index is 0.137. The van der Waals surface area contributed by atoms with E-state index in [0.29, 0.717) is 5.82 Å². The molecule has 2 unspecified atom stereocenters. The first-order valence-corrected chi connectivity index (χ1v) is 16.2. The molecule has 230 valence electrons. The smallest absolute Gasteiger partial charge is 0.162 e. The number of nitrogens with one attached hydrogen (secondary N) is 3. The number of piperazine rings is 1. The Morgan fingerprint density at radius 3 is 2.60 bits per heavy atom. The lowest BCUT2D eigenvalue weighted by atomic mass is 10.0. The van der Waals surface area contributed by atoms with Gasteiger partial charge >= 0.3 is 0 Å². The highest BCUT2D eigenvalue weighted by atomic mass is 32.2. The van der Waals surface area contributed by atoms with Gasteiger partial charge in [0.05, 0.1) is 22.1 Å². The Labute approximate surface area is 262 Å². The number of rotatable bonds is 12. The number of aromatic nitrogens is 4. The normalized spacial score (nSPS) is 15.4. The van der Waals surface area contributed by atoms with Crippen molar-refractivity contribution in [3.63, 3.8) is 0 Å². The van der Waals surface area contributed by atoms with E-state index in [4.69, 9.17) is 9.97 Å². The summed E-state index contributed by atoms with van der Waals surface area (Å²) in [6, 6.07) is 2.14. The molecule has 0 bridgehead atoms. The van der Waals surface area contributed by atoms with E-state index in [1.165, 1.54) is 0 Å². The highest BCUT2D eigenvalue weighted by Crippen LogP contribution is 2.35. The van der Waals surface area contributed by atoms with Crippen molar-refractivity contribution in [1.82, 2.24) is 30.6 Å². The zero-order valence-corrected chi connectivity index (χ0v) is 27.6. The first-order chi connectivity index (χ1) is 21.0. The largest absolute Gasteiger partial charge is 0.353 e. The fourth-order valence-corrected chi connectivity index (χ4v) is 5.71. The molecule has 4 rings (SSSR count). The highest BCUT2D eigenvalue weighted by molar-refractivity contribution is 8.03. The molecule has 0 spiro atoms. The van der Waals surface area contributed by atoms with E-state index in [1.54, 1.807) is 17.8 Å². The number of fused-ring (bicyclic) bond motifs is 1. The Hall–Kier alpha value is -3.53. The van der Waals surface area contributed by atoms with Crippen molar-refractivity contribution in [3.8, 4) is 11.4 Å². The van der Waals surface area contributed by atoms with Crippen molar-refractivity contribution in [2.75, 3.05) is 42.9 Å². The fourth-order valence-electron chi connectivity index (χ4n) is 4.85. The molecule has 3 aromatic heterocycles. The van der Waals surface area contributed by atoms with Crippen molar-refractivity contribution in [1.29, 1.82) is 0 Å². The second-order valence-electron chi connectivity index (χ2n) is 9.95.